The summed E-state index contributed by atoms with van der Waals surface area (Å²) >= 11 is 0. The minimum absolute atomic E-state index is 0.0363. The molecule has 0 spiro atoms. The third-order valence-electron chi connectivity index (χ3n) is 6.27. The minimum atomic E-state index is -5.08. The van der Waals surface area contributed by atoms with Gasteiger partial charge in [0.1, 0.15) is 23.2 Å². The average molecular weight is 676 g/mol. The van der Waals surface area contributed by atoms with Gasteiger partial charge in [0.25, 0.3) is 0 Å². The van der Waals surface area contributed by atoms with E-state index in [0.717, 1.165) is 12.6 Å². The molecule has 0 saturated heterocycles. The highest BCUT2D eigenvalue weighted by Gasteiger charge is 2.44. The molecule has 0 radical (unpaired) electrons. The second kappa shape index (κ2) is 17.7. The number of nitrogens with zero attached hydrogens (tertiary/aromatic N) is 2. The summed E-state index contributed by atoms with van der Waals surface area (Å²) in [6, 6.07) is 32.3. The molecule has 0 heterocycles. The summed E-state index contributed by atoms with van der Waals surface area (Å²) in [5, 5.41) is 25.8. The number of halogens is 6. The summed E-state index contributed by atoms with van der Waals surface area (Å²) in [6.07, 6.45) is -8.33. The fraction of sp³-hybridized carbons (Fsp3) is 0.267. The van der Waals surface area contributed by atoms with Crippen LogP contribution in [0.5, 0.6) is 0 Å². The molecule has 0 aliphatic carbocycles. The van der Waals surface area contributed by atoms with Gasteiger partial charge in [-0.25, -0.2) is 9.59 Å². The maximum Gasteiger partial charge on any atom is 0.490 e. The highest BCUT2D eigenvalue weighted by atomic mass is 31.2. The Morgan fingerprint density at radius 3 is 1.26 bits per heavy atom. The van der Waals surface area contributed by atoms with E-state index in [1.165, 1.54) is 20.8 Å². The Morgan fingerprint density at radius 2 is 1.00 bits per heavy atom. The van der Waals surface area contributed by atoms with Gasteiger partial charge in [-0.05, 0) is 42.8 Å². The van der Waals surface area contributed by atoms with E-state index in [-0.39, 0.29) is 18.4 Å². The first-order valence-electron chi connectivity index (χ1n) is 13.3. The Labute approximate surface area is 262 Å². The summed E-state index contributed by atoms with van der Waals surface area (Å²) < 4.78 is 63.5. The standard InChI is InChI=1S/C26H32N4OP.2C2HF3O2/c1-29(25(31)21-30(2)26(27)28)19-12-20-32(22-13-6-3-7-14-22,23-15-8-4-9-16-23)24-17-10-5-11-18-24;2*3-2(4,5)1(6)7/h3-11,13-18H,12,19-21H2,1-2H3,(H3,27,28);2*(H,6,7)/q+1;;. The van der Waals surface area contributed by atoms with Gasteiger partial charge in [0.2, 0.25) is 5.91 Å². The first kappa shape index (κ1) is 39.4. The smallest absolute Gasteiger partial charge is 0.475 e. The van der Waals surface area contributed by atoms with Crippen LogP contribution in [0.1, 0.15) is 6.42 Å². The maximum absolute atomic E-state index is 12.6. The number of nitrogens with two attached hydrogens (primary N) is 1. The van der Waals surface area contributed by atoms with Gasteiger partial charge in [-0.3, -0.25) is 10.2 Å². The van der Waals surface area contributed by atoms with Crippen LogP contribution in [0.15, 0.2) is 91.0 Å². The topological polar surface area (TPSA) is 148 Å². The Balaban J connectivity index is 0.000000629. The van der Waals surface area contributed by atoms with E-state index in [9.17, 15) is 31.1 Å². The monoisotopic (exact) mass is 675 g/mol. The summed E-state index contributed by atoms with van der Waals surface area (Å²) in [7, 11) is 1.60. The van der Waals surface area contributed by atoms with Crippen LogP contribution in [0.4, 0.5) is 26.3 Å². The Kier molecular flexibility index (Phi) is 15.2. The van der Waals surface area contributed by atoms with Gasteiger partial charge in [-0.1, -0.05) is 54.6 Å². The summed E-state index contributed by atoms with van der Waals surface area (Å²) in [5.74, 6) is -5.65. The van der Waals surface area contributed by atoms with Gasteiger partial charge in [0.05, 0.1) is 12.7 Å². The molecule has 0 unspecified atom stereocenters. The van der Waals surface area contributed by atoms with Gasteiger partial charge >= 0.3 is 24.3 Å². The molecule has 3 aromatic rings. The Morgan fingerprint density at radius 1 is 0.696 bits per heavy atom. The lowest BCUT2D eigenvalue weighted by Crippen LogP contribution is -2.42. The molecule has 3 aromatic carbocycles. The van der Waals surface area contributed by atoms with Crippen LogP contribution < -0.4 is 21.6 Å². The number of carboxylic acid groups (broad SMARTS) is 2. The molecule has 3 rings (SSSR count). The Hall–Kier alpha value is -4.65. The molecule has 1 amide bonds. The molecular weight excluding hydrogens is 641 g/mol. The number of likely N-dealkylation sites (N-methyl/N-ethyl adjacent to an activating group) is 2. The van der Waals surface area contributed by atoms with Gasteiger partial charge in [-0.15, -0.1) is 0 Å². The molecule has 5 N–H and O–H groups in total. The number of carbonyl (C=O) groups excluding carboxylic acids is 1. The summed E-state index contributed by atoms with van der Waals surface area (Å²) in [4.78, 5) is 33.6. The van der Waals surface area contributed by atoms with Gasteiger partial charge in [-0.2, -0.15) is 26.3 Å². The molecular formula is C30H34F6N4O5P+. The number of nitrogens with one attached hydrogen (secondary N) is 1. The number of alkyl halides is 6. The lowest BCUT2D eigenvalue weighted by atomic mass is 10.3. The Bertz CT molecular complexity index is 1290. The number of benzene rings is 3. The van der Waals surface area contributed by atoms with Crippen molar-refractivity contribution < 1.29 is 50.9 Å². The van der Waals surface area contributed by atoms with Crippen molar-refractivity contribution in [1.29, 1.82) is 5.41 Å². The minimum Gasteiger partial charge on any atom is -0.475 e. The number of carboxylic acids is 2. The fourth-order valence-electron chi connectivity index (χ4n) is 3.96. The molecule has 0 bridgehead atoms. The number of rotatable bonds is 9. The van der Waals surface area contributed by atoms with E-state index in [1.54, 1.807) is 11.9 Å². The molecule has 0 atom stereocenters. The van der Waals surface area contributed by atoms with Crippen molar-refractivity contribution in [3.8, 4) is 0 Å². The van der Waals surface area contributed by atoms with E-state index in [2.05, 4.69) is 91.0 Å². The van der Waals surface area contributed by atoms with E-state index in [0.29, 0.717) is 6.54 Å². The van der Waals surface area contributed by atoms with Crippen molar-refractivity contribution in [2.45, 2.75) is 18.8 Å². The zero-order chi connectivity index (χ0) is 35.1. The number of amides is 1. The summed E-state index contributed by atoms with van der Waals surface area (Å²) in [5.41, 5.74) is 5.48. The second-order valence-electron chi connectivity index (χ2n) is 9.56. The van der Waals surface area contributed by atoms with Crippen LogP contribution >= 0.6 is 7.26 Å². The molecule has 250 valence electrons. The normalized spacial score (nSPS) is 11.1. The predicted octanol–water partition coefficient (Wildman–Crippen LogP) is 3.92. The van der Waals surface area contributed by atoms with Crippen molar-refractivity contribution in [2.75, 3.05) is 33.3 Å². The van der Waals surface area contributed by atoms with E-state index in [1.807, 2.05) is 7.05 Å². The van der Waals surface area contributed by atoms with Crippen molar-refractivity contribution in [2.24, 2.45) is 5.73 Å². The average Bonchev–Trinajstić information content (AvgIpc) is 3.00. The van der Waals surface area contributed by atoms with Crippen molar-refractivity contribution in [3.63, 3.8) is 0 Å². The quantitative estimate of drug-likeness (QED) is 0.116. The molecule has 9 nitrogen and oxygen atoms in total. The molecule has 0 aromatic heterocycles. The first-order chi connectivity index (χ1) is 21.3. The van der Waals surface area contributed by atoms with Gasteiger partial charge < -0.3 is 25.7 Å². The first-order valence-corrected chi connectivity index (χ1v) is 15.3. The van der Waals surface area contributed by atoms with Crippen molar-refractivity contribution in [1.82, 2.24) is 9.80 Å². The summed E-state index contributed by atoms with van der Waals surface area (Å²) in [6.45, 7) is 0.765. The molecule has 0 aliphatic rings. The molecule has 0 saturated carbocycles. The number of carbonyl (C=O) groups is 3. The molecule has 16 heteroatoms. The van der Waals surface area contributed by atoms with Crippen LogP contribution in [0, 0.1) is 5.41 Å². The molecule has 0 fully saturated rings. The third kappa shape index (κ3) is 12.4. The van der Waals surface area contributed by atoms with Crippen molar-refractivity contribution >= 4 is 47.0 Å². The zero-order valence-corrected chi connectivity index (χ0v) is 25.7. The number of guanidine groups is 1. The van der Waals surface area contributed by atoms with Crippen LogP contribution in [0.3, 0.4) is 0 Å². The highest BCUT2D eigenvalue weighted by molar-refractivity contribution is 7.95. The number of hydrogen-bond donors (Lipinski definition) is 4. The largest absolute Gasteiger partial charge is 0.490 e. The SMILES string of the molecule is CN(CC(=O)N(C)CCC[P+](c1ccccc1)(c1ccccc1)c1ccccc1)C(=N)N.O=C(O)C(F)(F)F.O=C(O)C(F)(F)F. The molecule has 0 aliphatic heterocycles. The van der Waals surface area contributed by atoms with Gasteiger partial charge in [0, 0.05) is 20.6 Å². The second-order valence-corrected chi connectivity index (χ2v) is 13.2. The van der Waals surface area contributed by atoms with Crippen LogP contribution in [0.25, 0.3) is 0 Å². The van der Waals surface area contributed by atoms with Crippen LogP contribution in [-0.2, 0) is 14.4 Å². The van der Waals surface area contributed by atoms with E-state index in [4.69, 9.17) is 30.9 Å². The highest BCUT2D eigenvalue weighted by Crippen LogP contribution is 2.55. The van der Waals surface area contributed by atoms with E-state index < -0.39 is 31.6 Å². The lowest BCUT2D eigenvalue weighted by Gasteiger charge is -2.29. The van der Waals surface area contributed by atoms with Gasteiger partial charge in [0.15, 0.2) is 5.96 Å². The fourth-order valence-corrected chi connectivity index (χ4v) is 8.29. The van der Waals surface area contributed by atoms with E-state index >= 15 is 0 Å². The predicted molar refractivity (Wildman–Crippen MR) is 164 cm³/mol. The number of aliphatic carboxylic acids is 2. The van der Waals surface area contributed by atoms with Crippen LogP contribution in [0.2, 0.25) is 0 Å². The third-order valence-corrected chi connectivity index (χ3v) is 10.8. The van der Waals surface area contributed by atoms with Crippen LogP contribution in [-0.4, -0.2) is 89.5 Å². The number of hydrogen-bond acceptors (Lipinski definition) is 4. The maximum atomic E-state index is 12.6. The lowest BCUT2D eigenvalue weighted by molar-refractivity contribution is -0.193. The molecule has 46 heavy (non-hydrogen) atoms. The zero-order valence-electron chi connectivity index (χ0n) is 24.8. The van der Waals surface area contributed by atoms with Crippen molar-refractivity contribution in [3.05, 3.63) is 91.0 Å².